The van der Waals surface area contributed by atoms with Gasteiger partial charge in [0.1, 0.15) is 0 Å². The van der Waals surface area contributed by atoms with Crippen LogP contribution in [0.4, 0.5) is 0 Å². The van der Waals surface area contributed by atoms with Gasteiger partial charge in [0.05, 0.1) is 37.6 Å². The summed E-state index contributed by atoms with van der Waals surface area (Å²) in [4.78, 5) is 16.8. The van der Waals surface area contributed by atoms with Crippen LogP contribution in [0.15, 0.2) is 18.3 Å². The van der Waals surface area contributed by atoms with Crippen molar-refractivity contribution in [2.45, 2.75) is 32.8 Å². The molecular weight excluding hydrogens is 404 g/mol. The third-order valence-corrected chi connectivity index (χ3v) is 7.12. The van der Waals surface area contributed by atoms with Crippen LogP contribution in [0.3, 0.4) is 0 Å². The van der Waals surface area contributed by atoms with Crippen molar-refractivity contribution in [2.24, 2.45) is 11.3 Å². The lowest BCUT2D eigenvalue weighted by atomic mass is 9.68. The second-order valence-corrected chi connectivity index (χ2v) is 9.53. The lowest BCUT2D eigenvalue weighted by molar-refractivity contribution is -0.136. The van der Waals surface area contributed by atoms with Crippen molar-refractivity contribution < 1.29 is 14.6 Å². The van der Waals surface area contributed by atoms with Gasteiger partial charge in [-0.25, -0.2) is 0 Å². The van der Waals surface area contributed by atoms with Crippen molar-refractivity contribution in [3.8, 4) is 0 Å². The third kappa shape index (κ3) is 4.35. The fraction of sp³-hybridized carbons (Fsp3) is 0.636. The molecule has 2 aromatic rings. The molecular formula is C22H31ClN4O3. The molecule has 1 aromatic carbocycles. The molecule has 0 radical (unpaired) electrons. The molecule has 2 N–H and O–H groups in total. The van der Waals surface area contributed by atoms with Crippen LogP contribution in [-0.4, -0.2) is 76.9 Å². The van der Waals surface area contributed by atoms with Gasteiger partial charge in [0.25, 0.3) is 0 Å². The molecule has 2 fully saturated rings. The van der Waals surface area contributed by atoms with Gasteiger partial charge in [-0.1, -0.05) is 25.4 Å². The first kappa shape index (κ1) is 21.6. The van der Waals surface area contributed by atoms with Crippen molar-refractivity contribution in [3.63, 3.8) is 0 Å². The van der Waals surface area contributed by atoms with Crippen LogP contribution in [0.25, 0.3) is 10.9 Å². The summed E-state index contributed by atoms with van der Waals surface area (Å²) in [5.41, 5.74) is 1.26. The van der Waals surface area contributed by atoms with Crippen LogP contribution >= 0.6 is 11.6 Å². The van der Waals surface area contributed by atoms with E-state index in [0.29, 0.717) is 30.7 Å². The van der Waals surface area contributed by atoms with Crippen LogP contribution in [-0.2, 0) is 9.53 Å². The summed E-state index contributed by atoms with van der Waals surface area (Å²) < 4.78 is 5.36. The summed E-state index contributed by atoms with van der Waals surface area (Å²) in [6, 6.07) is 3.68. The molecule has 8 heteroatoms. The molecule has 0 bridgehead atoms. The number of rotatable bonds is 5. The minimum atomic E-state index is -0.681. The second kappa shape index (κ2) is 8.83. The number of nitrogens with zero attached hydrogens (tertiary/aromatic N) is 3. The predicted molar refractivity (Wildman–Crippen MR) is 116 cm³/mol. The van der Waals surface area contributed by atoms with E-state index in [1.807, 2.05) is 17.0 Å². The van der Waals surface area contributed by atoms with E-state index in [2.05, 4.69) is 28.9 Å². The quantitative estimate of drug-likeness (QED) is 0.756. The van der Waals surface area contributed by atoms with Crippen molar-refractivity contribution >= 4 is 28.4 Å². The van der Waals surface area contributed by atoms with Gasteiger partial charge in [-0.15, -0.1) is 0 Å². The van der Waals surface area contributed by atoms with Gasteiger partial charge in [0.2, 0.25) is 5.91 Å². The van der Waals surface area contributed by atoms with E-state index < -0.39 is 6.10 Å². The highest BCUT2D eigenvalue weighted by atomic mass is 35.5. The molecule has 1 amide bonds. The largest absolute Gasteiger partial charge is 0.388 e. The monoisotopic (exact) mass is 434 g/mol. The fourth-order valence-corrected chi connectivity index (χ4v) is 5.05. The van der Waals surface area contributed by atoms with E-state index in [1.165, 1.54) is 0 Å². The minimum Gasteiger partial charge on any atom is -0.388 e. The molecule has 1 atom stereocenters. The standard InChI is InChI=1S/C22H31ClN4O3/c1-22(2,21(29)18-12-17(23)11-15-13-24-25-20(15)18)16-3-5-27(6-4-16)19(28)14-26-7-9-30-10-8-26/h11-13,16,21,29H,3-10,14H2,1-2H3,(H,24,25). The maximum Gasteiger partial charge on any atom is 0.236 e. The molecule has 164 valence electrons. The number of aromatic amines is 1. The summed E-state index contributed by atoms with van der Waals surface area (Å²) in [6.45, 7) is 9.21. The van der Waals surface area contributed by atoms with Gasteiger partial charge in [-0.2, -0.15) is 5.10 Å². The molecule has 0 aliphatic carbocycles. The molecule has 30 heavy (non-hydrogen) atoms. The number of piperidine rings is 1. The Labute approximate surface area is 182 Å². The highest BCUT2D eigenvalue weighted by molar-refractivity contribution is 6.31. The number of aromatic nitrogens is 2. The van der Waals surface area contributed by atoms with Crippen LogP contribution < -0.4 is 0 Å². The Morgan fingerprint density at radius 3 is 2.70 bits per heavy atom. The summed E-state index contributed by atoms with van der Waals surface area (Å²) in [5, 5.41) is 19.9. The number of aliphatic hydroxyl groups is 1. The van der Waals surface area contributed by atoms with Gasteiger partial charge in [0.15, 0.2) is 0 Å². The third-order valence-electron chi connectivity index (χ3n) is 6.91. The van der Waals surface area contributed by atoms with Crippen LogP contribution in [0.5, 0.6) is 0 Å². The van der Waals surface area contributed by atoms with E-state index in [-0.39, 0.29) is 11.3 Å². The number of H-pyrrole nitrogens is 1. The molecule has 1 unspecified atom stereocenters. The number of carbonyl (C=O) groups excluding carboxylic acids is 1. The zero-order valence-corrected chi connectivity index (χ0v) is 18.5. The molecule has 2 aliphatic heterocycles. The average Bonchev–Trinajstić information content (AvgIpc) is 3.21. The Morgan fingerprint density at radius 1 is 1.30 bits per heavy atom. The number of hydrogen-bond acceptors (Lipinski definition) is 5. The molecule has 3 heterocycles. The summed E-state index contributed by atoms with van der Waals surface area (Å²) >= 11 is 6.29. The fourth-order valence-electron chi connectivity index (χ4n) is 4.81. The van der Waals surface area contributed by atoms with E-state index >= 15 is 0 Å². The van der Waals surface area contributed by atoms with Gasteiger partial charge >= 0.3 is 0 Å². The van der Waals surface area contributed by atoms with E-state index in [0.717, 1.165) is 55.5 Å². The summed E-state index contributed by atoms with van der Waals surface area (Å²) in [6.07, 6.45) is 2.81. The normalized spacial score (nSPS) is 20.6. The maximum atomic E-state index is 12.7. The molecule has 4 rings (SSSR count). The number of amides is 1. The van der Waals surface area contributed by atoms with Crippen molar-refractivity contribution in [1.29, 1.82) is 0 Å². The first-order chi connectivity index (χ1) is 14.4. The van der Waals surface area contributed by atoms with Gasteiger partial charge in [-0.3, -0.25) is 14.8 Å². The summed E-state index contributed by atoms with van der Waals surface area (Å²) in [7, 11) is 0. The Hall–Kier alpha value is -1.67. The maximum absolute atomic E-state index is 12.7. The Balaban J connectivity index is 1.40. The lowest BCUT2D eigenvalue weighted by Crippen LogP contribution is -2.48. The Kier molecular flexibility index (Phi) is 6.34. The Morgan fingerprint density at radius 2 is 2.00 bits per heavy atom. The van der Waals surface area contributed by atoms with Gasteiger partial charge in [0, 0.05) is 42.2 Å². The molecule has 0 saturated carbocycles. The number of halogens is 1. The number of carbonyl (C=O) groups is 1. The number of nitrogens with one attached hydrogen (secondary N) is 1. The van der Waals surface area contributed by atoms with Gasteiger partial charge in [-0.05, 0) is 36.3 Å². The lowest BCUT2D eigenvalue weighted by Gasteiger charge is -2.43. The molecule has 0 spiro atoms. The average molecular weight is 435 g/mol. The molecule has 2 saturated heterocycles. The predicted octanol–water partition coefficient (Wildman–Crippen LogP) is 2.85. The van der Waals surface area contributed by atoms with Crippen molar-refractivity contribution in [3.05, 3.63) is 28.9 Å². The number of morpholine rings is 1. The number of benzene rings is 1. The highest BCUT2D eigenvalue weighted by Gasteiger charge is 2.40. The van der Waals surface area contributed by atoms with E-state index in [4.69, 9.17) is 16.3 Å². The topological polar surface area (TPSA) is 81.7 Å². The van der Waals surface area contributed by atoms with E-state index in [9.17, 15) is 9.90 Å². The van der Waals surface area contributed by atoms with E-state index in [1.54, 1.807) is 6.20 Å². The molecule has 7 nitrogen and oxygen atoms in total. The smallest absolute Gasteiger partial charge is 0.236 e. The zero-order valence-electron chi connectivity index (χ0n) is 17.7. The van der Waals surface area contributed by atoms with Gasteiger partial charge < -0.3 is 14.7 Å². The SMILES string of the molecule is CC(C)(C1CCN(C(=O)CN2CCOCC2)CC1)C(O)c1cc(Cl)cc2cn[nH]c12. The number of hydrogen-bond donors (Lipinski definition) is 2. The number of aliphatic hydroxyl groups excluding tert-OH is 1. The van der Waals surface area contributed by atoms with Crippen molar-refractivity contribution in [2.75, 3.05) is 45.9 Å². The van der Waals surface area contributed by atoms with Crippen molar-refractivity contribution in [1.82, 2.24) is 20.0 Å². The first-order valence-corrected chi connectivity index (χ1v) is 11.1. The summed E-state index contributed by atoms with van der Waals surface area (Å²) in [5.74, 6) is 0.500. The van der Waals surface area contributed by atoms with Crippen LogP contribution in [0.1, 0.15) is 38.4 Å². The molecule has 1 aromatic heterocycles. The Bertz CT molecular complexity index is 886. The minimum absolute atomic E-state index is 0.197. The van der Waals surface area contributed by atoms with Crippen LogP contribution in [0.2, 0.25) is 5.02 Å². The number of ether oxygens (including phenoxy) is 1. The highest BCUT2D eigenvalue weighted by Crippen LogP contribution is 2.46. The zero-order chi connectivity index (χ0) is 21.3. The first-order valence-electron chi connectivity index (χ1n) is 10.7. The second-order valence-electron chi connectivity index (χ2n) is 9.10. The molecule has 2 aliphatic rings. The number of fused-ring (bicyclic) bond motifs is 1. The van der Waals surface area contributed by atoms with Crippen LogP contribution in [0, 0.1) is 11.3 Å². The number of likely N-dealkylation sites (tertiary alicyclic amines) is 1.